The first-order chi connectivity index (χ1) is 15.2. The molecule has 0 saturated carbocycles. The fraction of sp³-hybridized carbons (Fsp3) is 0.478. The number of aryl methyl sites for hydroxylation is 1. The minimum atomic E-state index is -0.0889. The molecule has 0 aliphatic carbocycles. The number of fused-ring (bicyclic) bond motifs is 1. The molecule has 0 bridgehead atoms. The SMILES string of the molecule is COCOc1cc2ccn(C)c(=O)c2cc1-c1cnc(N2CC[C@@H](NC(C)(C)C)C2)nn1. The topological polar surface area (TPSA) is 94.4 Å². The Morgan fingerprint density at radius 3 is 2.75 bits per heavy atom. The van der Waals surface area contributed by atoms with Crippen molar-refractivity contribution in [1.29, 1.82) is 0 Å². The fourth-order valence-corrected chi connectivity index (χ4v) is 4.02. The molecule has 1 N–H and O–H groups in total. The molecule has 3 aromatic rings. The Bertz CT molecular complexity index is 1150. The Labute approximate surface area is 187 Å². The van der Waals surface area contributed by atoms with Gasteiger partial charge in [0.25, 0.3) is 5.56 Å². The highest BCUT2D eigenvalue weighted by atomic mass is 16.7. The van der Waals surface area contributed by atoms with E-state index in [1.807, 2.05) is 12.1 Å². The maximum absolute atomic E-state index is 12.6. The van der Waals surface area contributed by atoms with E-state index in [9.17, 15) is 4.79 Å². The number of hydrogen-bond acceptors (Lipinski definition) is 8. The average Bonchev–Trinajstić information content (AvgIpc) is 3.21. The van der Waals surface area contributed by atoms with Crippen molar-refractivity contribution in [3.8, 4) is 17.0 Å². The van der Waals surface area contributed by atoms with Crippen molar-refractivity contribution in [1.82, 2.24) is 25.1 Å². The molecule has 9 nitrogen and oxygen atoms in total. The number of ether oxygens (including phenoxy) is 2. The molecule has 0 spiro atoms. The highest BCUT2D eigenvalue weighted by Crippen LogP contribution is 2.32. The molecule has 1 atom stereocenters. The van der Waals surface area contributed by atoms with Gasteiger partial charge < -0.3 is 24.3 Å². The molecule has 9 heteroatoms. The number of benzene rings is 1. The van der Waals surface area contributed by atoms with Crippen LogP contribution in [0.1, 0.15) is 27.2 Å². The van der Waals surface area contributed by atoms with E-state index in [0.717, 1.165) is 24.9 Å². The van der Waals surface area contributed by atoms with Gasteiger partial charge in [-0.3, -0.25) is 4.79 Å². The zero-order valence-electron chi connectivity index (χ0n) is 19.3. The number of nitrogens with one attached hydrogen (secondary N) is 1. The number of anilines is 1. The van der Waals surface area contributed by atoms with E-state index >= 15 is 0 Å². The van der Waals surface area contributed by atoms with Crippen molar-refractivity contribution in [2.75, 3.05) is 31.9 Å². The summed E-state index contributed by atoms with van der Waals surface area (Å²) in [6.45, 7) is 8.31. The summed E-state index contributed by atoms with van der Waals surface area (Å²) in [5, 5.41) is 13.8. The van der Waals surface area contributed by atoms with Gasteiger partial charge in [-0.2, -0.15) is 0 Å². The van der Waals surface area contributed by atoms with Crippen molar-refractivity contribution in [3.63, 3.8) is 0 Å². The third kappa shape index (κ3) is 4.73. The van der Waals surface area contributed by atoms with Gasteiger partial charge in [0.15, 0.2) is 6.79 Å². The van der Waals surface area contributed by atoms with Crippen LogP contribution < -0.4 is 20.5 Å². The number of rotatable bonds is 6. The van der Waals surface area contributed by atoms with Gasteiger partial charge in [0.05, 0.1) is 6.20 Å². The van der Waals surface area contributed by atoms with Crippen LogP contribution in [-0.2, 0) is 11.8 Å². The van der Waals surface area contributed by atoms with Gasteiger partial charge >= 0.3 is 0 Å². The number of methoxy groups -OCH3 is 1. The van der Waals surface area contributed by atoms with Crippen molar-refractivity contribution >= 4 is 16.7 Å². The normalized spacial score (nSPS) is 16.7. The minimum absolute atomic E-state index is 0.0649. The number of pyridine rings is 1. The van der Waals surface area contributed by atoms with Crippen molar-refractivity contribution in [2.24, 2.45) is 7.05 Å². The third-order valence-corrected chi connectivity index (χ3v) is 5.45. The molecule has 0 amide bonds. The summed E-state index contributed by atoms with van der Waals surface area (Å²) in [6, 6.07) is 5.88. The number of aromatic nitrogens is 4. The van der Waals surface area contributed by atoms with Crippen molar-refractivity contribution in [2.45, 2.75) is 38.8 Å². The van der Waals surface area contributed by atoms with E-state index in [0.29, 0.717) is 34.4 Å². The molecule has 0 unspecified atom stereocenters. The van der Waals surface area contributed by atoms with Gasteiger partial charge in [-0.05, 0) is 50.8 Å². The van der Waals surface area contributed by atoms with Gasteiger partial charge in [-0.15, -0.1) is 10.2 Å². The zero-order valence-corrected chi connectivity index (χ0v) is 19.3. The summed E-state index contributed by atoms with van der Waals surface area (Å²) >= 11 is 0. The summed E-state index contributed by atoms with van der Waals surface area (Å²) in [5.41, 5.74) is 1.17. The second-order valence-corrected chi connectivity index (χ2v) is 9.19. The second-order valence-electron chi connectivity index (χ2n) is 9.19. The molecule has 0 radical (unpaired) electrons. The van der Waals surface area contributed by atoms with E-state index in [2.05, 4.69) is 46.2 Å². The predicted molar refractivity (Wildman–Crippen MR) is 124 cm³/mol. The lowest BCUT2D eigenvalue weighted by Crippen LogP contribution is -2.45. The predicted octanol–water partition coefficient (Wildman–Crippen LogP) is 2.34. The van der Waals surface area contributed by atoms with Crippen LogP contribution in [0.4, 0.5) is 5.95 Å². The van der Waals surface area contributed by atoms with E-state index in [4.69, 9.17) is 9.47 Å². The third-order valence-electron chi connectivity index (χ3n) is 5.45. The van der Waals surface area contributed by atoms with Crippen LogP contribution in [0, 0.1) is 0 Å². The summed E-state index contributed by atoms with van der Waals surface area (Å²) < 4.78 is 12.4. The quantitative estimate of drug-likeness (QED) is 0.586. The Kier molecular flexibility index (Phi) is 6.12. The van der Waals surface area contributed by atoms with E-state index in [-0.39, 0.29) is 17.9 Å². The maximum atomic E-state index is 12.6. The standard InChI is InChI=1S/C23H30N6O3/c1-23(2,3)25-16-7-9-29(13-16)22-24-12-19(26-27-22)18-11-17-15(6-8-28(4)21(17)30)10-20(18)32-14-31-5/h6,8,10-12,16,25H,7,9,13-14H2,1-5H3/t16-/m1/s1. The first-order valence-electron chi connectivity index (χ1n) is 10.7. The molecule has 2 aromatic heterocycles. The Morgan fingerprint density at radius 1 is 1.25 bits per heavy atom. The first-order valence-corrected chi connectivity index (χ1v) is 10.7. The van der Waals surface area contributed by atoms with Crippen LogP contribution in [0.15, 0.2) is 35.4 Å². The number of hydrogen-bond donors (Lipinski definition) is 1. The Hall–Kier alpha value is -3.04. The van der Waals surface area contributed by atoms with Crippen LogP contribution in [0.3, 0.4) is 0 Å². The average molecular weight is 439 g/mol. The number of nitrogens with zero attached hydrogens (tertiary/aromatic N) is 5. The van der Waals surface area contributed by atoms with Crippen LogP contribution in [0.2, 0.25) is 0 Å². The van der Waals surface area contributed by atoms with Crippen LogP contribution in [-0.4, -0.2) is 58.3 Å². The molecule has 1 saturated heterocycles. The molecule has 1 aromatic carbocycles. The van der Waals surface area contributed by atoms with Gasteiger partial charge in [0.2, 0.25) is 5.95 Å². The minimum Gasteiger partial charge on any atom is -0.467 e. The van der Waals surface area contributed by atoms with Gasteiger partial charge in [0.1, 0.15) is 11.4 Å². The lowest BCUT2D eigenvalue weighted by atomic mass is 10.1. The smallest absolute Gasteiger partial charge is 0.258 e. The van der Waals surface area contributed by atoms with Gasteiger partial charge in [-0.25, -0.2) is 4.98 Å². The molecule has 170 valence electrons. The van der Waals surface area contributed by atoms with E-state index in [1.54, 1.807) is 37.2 Å². The summed E-state index contributed by atoms with van der Waals surface area (Å²) in [5.74, 6) is 1.16. The van der Waals surface area contributed by atoms with Crippen LogP contribution in [0.5, 0.6) is 5.75 Å². The fourth-order valence-electron chi connectivity index (χ4n) is 4.02. The van der Waals surface area contributed by atoms with Gasteiger partial charge in [0, 0.05) is 56.0 Å². The highest BCUT2D eigenvalue weighted by Gasteiger charge is 2.27. The lowest BCUT2D eigenvalue weighted by Gasteiger charge is -2.25. The van der Waals surface area contributed by atoms with Crippen LogP contribution >= 0.6 is 0 Å². The molecule has 1 fully saturated rings. The Morgan fingerprint density at radius 2 is 2.06 bits per heavy atom. The second kappa shape index (κ2) is 8.84. The molecule has 4 rings (SSSR count). The van der Waals surface area contributed by atoms with Crippen molar-refractivity contribution in [3.05, 3.63) is 40.9 Å². The van der Waals surface area contributed by atoms with E-state index < -0.39 is 0 Å². The van der Waals surface area contributed by atoms with Crippen LogP contribution in [0.25, 0.3) is 22.0 Å². The van der Waals surface area contributed by atoms with Gasteiger partial charge in [-0.1, -0.05) is 0 Å². The molecule has 3 heterocycles. The molecular formula is C23H30N6O3. The zero-order chi connectivity index (χ0) is 22.9. The Balaban J connectivity index is 1.64. The molecule has 32 heavy (non-hydrogen) atoms. The summed E-state index contributed by atoms with van der Waals surface area (Å²) in [4.78, 5) is 19.3. The summed E-state index contributed by atoms with van der Waals surface area (Å²) in [6.07, 6.45) is 4.45. The lowest BCUT2D eigenvalue weighted by molar-refractivity contribution is 0.0516. The molecular weight excluding hydrogens is 408 g/mol. The maximum Gasteiger partial charge on any atom is 0.258 e. The van der Waals surface area contributed by atoms with Crippen molar-refractivity contribution < 1.29 is 9.47 Å². The molecule has 1 aliphatic heterocycles. The molecule has 1 aliphatic rings. The first kappa shape index (κ1) is 22.2. The monoisotopic (exact) mass is 438 g/mol. The van der Waals surface area contributed by atoms with E-state index in [1.165, 1.54) is 0 Å². The largest absolute Gasteiger partial charge is 0.467 e. The summed E-state index contributed by atoms with van der Waals surface area (Å²) in [7, 11) is 3.29. The highest BCUT2D eigenvalue weighted by molar-refractivity contribution is 5.89.